The number of aromatic nitrogens is 1. The Labute approximate surface area is 157 Å². The third kappa shape index (κ3) is 4.52. The van der Waals surface area contributed by atoms with Crippen LogP contribution in [0.15, 0.2) is 35.1 Å². The molecule has 28 heavy (non-hydrogen) atoms. The van der Waals surface area contributed by atoms with Crippen molar-refractivity contribution in [1.29, 1.82) is 0 Å². The van der Waals surface area contributed by atoms with Gasteiger partial charge >= 0.3 is 6.18 Å². The summed E-state index contributed by atoms with van der Waals surface area (Å²) in [5.74, 6) is -0.697. The number of rotatable bonds is 5. The van der Waals surface area contributed by atoms with Crippen LogP contribution in [0.25, 0.3) is 11.1 Å². The van der Waals surface area contributed by atoms with Crippen molar-refractivity contribution < 1.29 is 32.2 Å². The predicted octanol–water partition coefficient (Wildman–Crippen LogP) is 1.95. The smallest absolute Gasteiger partial charge is 0.431 e. The number of halogens is 3. The summed E-state index contributed by atoms with van der Waals surface area (Å²) in [4.78, 5) is 24.7. The van der Waals surface area contributed by atoms with Crippen LogP contribution in [-0.4, -0.2) is 43.4 Å². The Balaban J connectivity index is 1.86. The first-order chi connectivity index (χ1) is 13.3. The van der Waals surface area contributed by atoms with E-state index >= 15 is 0 Å². The maximum absolute atomic E-state index is 13.3. The molecule has 3 N–H and O–H groups in total. The fourth-order valence-corrected chi connectivity index (χ4v) is 2.72. The van der Waals surface area contributed by atoms with Crippen LogP contribution in [0.4, 0.5) is 13.2 Å². The fourth-order valence-electron chi connectivity index (χ4n) is 2.72. The van der Waals surface area contributed by atoms with Gasteiger partial charge in [-0.25, -0.2) is 0 Å². The molecule has 1 fully saturated rings. The van der Waals surface area contributed by atoms with Gasteiger partial charge in [0.05, 0.1) is 19.8 Å². The maximum atomic E-state index is 13.3. The molecule has 1 aliphatic heterocycles. The predicted molar refractivity (Wildman–Crippen MR) is 92.1 cm³/mol. The van der Waals surface area contributed by atoms with Gasteiger partial charge in [-0.2, -0.15) is 13.2 Å². The molecular formula is C18H17F3N2O5. The van der Waals surface area contributed by atoms with E-state index in [1.165, 1.54) is 24.3 Å². The number of primary amides is 1. The van der Waals surface area contributed by atoms with E-state index in [0.717, 1.165) is 6.07 Å². The molecule has 0 spiro atoms. The third-order valence-corrected chi connectivity index (χ3v) is 4.08. The standard InChI is InChI=1S/C18H17F3N2O5/c19-18(20,21)15-13(7-14(16(22)24)17(25)23-15)10-1-3-11(4-2-10)28-9-12-8-26-5-6-27-12/h1-4,7,12H,5-6,8-9H2,(H2,22,24)(H,23,25)/t12-/m0/s1. The minimum absolute atomic E-state index is 0.135. The molecule has 0 unspecified atom stereocenters. The van der Waals surface area contributed by atoms with Crippen LogP contribution < -0.4 is 16.0 Å². The van der Waals surface area contributed by atoms with Gasteiger partial charge in [0, 0.05) is 5.56 Å². The zero-order valence-electron chi connectivity index (χ0n) is 14.5. The summed E-state index contributed by atoms with van der Waals surface area (Å²) in [6, 6.07) is 6.58. The number of carbonyl (C=O) groups excluding carboxylic acids is 1. The molecule has 1 amide bonds. The number of aromatic amines is 1. The first kappa shape index (κ1) is 19.9. The van der Waals surface area contributed by atoms with Crippen LogP contribution in [0.2, 0.25) is 0 Å². The van der Waals surface area contributed by atoms with E-state index in [9.17, 15) is 22.8 Å². The number of alkyl halides is 3. The van der Waals surface area contributed by atoms with Crippen molar-refractivity contribution in [1.82, 2.24) is 4.98 Å². The molecule has 1 aromatic carbocycles. The van der Waals surface area contributed by atoms with Crippen LogP contribution in [-0.2, 0) is 15.7 Å². The first-order valence-electron chi connectivity index (χ1n) is 8.32. The SMILES string of the molecule is NC(=O)c1cc(-c2ccc(OC[C@@H]3COCCO3)cc2)c(C(F)(F)F)[nH]c1=O. The zero-order chi connectivity index (χ0) is 20.3. The number of H-pyrrole nitrogens is 1. The van der Waals surface area contributed by atoms with E-state index in [1.807, 2.05) is 0 Å². The van der Waals surface area contributed by atoms with Gasteiger partial charge in [0.1, 0.15) is 29.7 Å². The summed E-state index contributed by atoms with van der Waals surface area (Å²) < 4.78 is 56.2. The first-order valence-corrected chi connectivity index (χ1v) is 8.32. The van der Waals surface area contributed by atoms with Crippen LogP contribution in [0, 0.1) is 0 Å². The van der Waals surface area contributed by atoms with Gasteiger partial charge in [-0.05, 0) is 23.8 Å². The molecule has 1 aromatic heterocycles. The van der Waals surface area contributed by atoms with E-state index < -0.39 is 28.9 Å². The van der Waals surface area contributed by atoms with Crippen molar-refractivity contribution >= 4 is 5.91 Å². The molecule has 2 aromatic rings. The quantitative estimate of drug-likeness (QED) is 0.801. The molecule has 10 heteroatoms. The lowest BCUT2D eigenvalue weighted by Gasteiger charge is -2.23. The number of amides is 1. The van der Waals surface area contributed by atoms with E-state index in [4.69, 9.17) is 19.9 Å². The second kappa shape index (κ2) is 8.03. The highest BCUT2D eigenvalue weighted by molar-refractivity contribution is 5.93. The molecule has 0 radical (unpaired) electrons. The molecule has 1 saturated heterocycles. The average molecular weight is 398 g/mol. The van der Waals surface area contributed by atoms with Gasteiger partial charge in [0.2, 0.25) is 0 Å². The molecule has 0 saturated carbocycles. The van der Waals surface area contributed by atoms with Crippen molar-refractivity contribution in [2.75, 3.05) is 26.4 Å². The highest BCUT2D eigenvalue weighted by Gasteiger charge is 2.36. The zero-order valence-corrected chi connectivity index (χ0v) is 14.5. The Morgan fingerprint density at radius 3 is 2.54 bits per heavy atom. The second-order valence-electron chi connectivity index (χ2n) is 6.07. The number of carbonyl (C=O) groups is 1. The summed E-state index contributed by atoms with van der Waals surface area (Å²) in [6.45, 7) is 1.64. The number of nitrogens with two attached hydrogens (primary N) is 1. The summed E-state index contributed by atoms with van der Waals surface area (Å²) in [6.07, 6.45) is -5.04. The number of pyridine rings is 1. The van der Waals surface area contributed by atoms with Crippen molar-refractivity contribution in [3.8, 4) is 16.9 Å². The minimum atomic E-state index is -4.82. The van der Waals surface area contributed by atoms with Gasteiger partial charge in [0.25, 0.3) is 11.5 Å². The number of hydrogen-bond acceptors (Lipinski definition) is 5. The number of ether oxygens (including phenoxy) is 3. The number of hydrogen-bond donors (Lipinski definition) is 2. The Bertz CT molecular complexity index is 903. The second-order valence-corrected chi connectivity index (χ2v) is 6.07. The van der Waals surface area contributed by atoms with Crippen molar-refractivity contribution in [3.63, 3.8) is 0 Å². The maximum Gasteiger partial charge on any atom is 0.431 e. The highest BCUT2D eigenvalue weighted by atomic mass is 19.4. The molecule has 7 nitrogen and oxygen atoms in total. The molecule has 2 heterocycles. The molecule has 3 rings (SSSR count). The van der Waals surface area contributed by atoms with Crippen LogP contribution in [0.5, 0.6) is 5.75 Å². The lowest BCUT2D eigenvalue weighted by atomic mass is 10.0. The monoisotopic (exact) mass is 398 g/mol. The molecule has 0 bridgehead atoms. The van der Waals surface area contributed by atoms with E-state index in [-0.39, 0.29) is 23.8 Å². The van der Waals surface area contributed by atoms with Gasteiger partial charge < -0.3 is 24.9 Å². The minimum Gasteiger partial charge on any atom is -0.491 e. The topological polar surface area (TPSA) is 104 Å². The molecule has 0 aliphatic carbocycles. The van der Waals surface area contributed by atoms with Crippen molar-refractivity contribution in [3.05, 3.63) is 51.9 Å². The van der Waals surface area contributed by atoms with Crippen molar-refractivity contribution in [2.24, 2.45) is 5.73 Å². The lowest BCUT2D eigenvalue weighted by molar-refractivity contribution is -0.140. The summed E-state index contributed by atoms with van der Waals surface area (Å²) in [5.41, 5.74) is 1.83. The van der Waals surface area contributed by atoms with E-state index in [0.29, 0.717) is 25.6 Å². The third-order valence-electron chi connectivity index (χ3n) is 4.08. The van der Waals surface area contributed by atoms with Crippen molar-refractivity contribution in [2.45, 2.75) is 12.3 Å². The van der Waals surface area contributed by atoms with Crippen LogP contribution in [0.3, 0.4) is 0 Å². The number of nitrogens with one attached hydrogen (secondary N) is 1. The van der Waals surface area contributed by atoms with Gasteiger partial charge in [-0.15, -0.1) is 0 Å². The van der Waals surface area contributed by atoms with E-state index in [1.54, 1.807) is 4.98 Å². The largest absolute Gasteiger partial charge is 0.491 e. The van der Waals surface area contributed by atoms with Crippen LogP contribution in [0.1, 0.15) is 16.1 Å². The number of benzene rings is 1. The summed E-state index contributed by atoms with van der Waals surface area (Å²) in [7, 11) is 0. The normalized spacial score (nSPS) is 17.3. The Morgan fingerprint density at radius 2 is 1.96 bits per heavy atom. The van der Waals surface area contributed by atoms with Gasteiger partial charge in [0.15, 0.2) is 0 Å². The fraction of sp³-hybridized carbons (Fsp3) is 0.333. The average Bonchev–Trinajstić information content (AvgIpc) is 2.66. The van der Waals surface area contributed by atoms with Gasteiger partial charge in [-0.3, -0.25) is 9.59 Å². The van der Waals surface area contributed by atoms with Crippen LogP contribution >= 0.6 is 0 Å². The Morgan fingerprint density at radius 1 is 1.25 bits per heavy atom. The molecular weight excluding hydrogens is 381 g/mol. The van der Waals surface area contributed by atoms with E-state index in [2.05, 4.69) is 0 Å². The summed E-state index contributed by atoms with van der Waals surface area (Å²) >= 11 is 0. The Kier molecular flexibility index (Phi) is 5.71. The van der Waals surface area contributed by atoms with Gasteiger partial charge in [-0.1, -0.05) is 12.1 Å². The summed E-state index contributed by atoms with van der Waals surface area (Å²) in [5, 5.41) is 0. The molecule has 150 valence electrons. The highest BCUT2D eigenvalue weighted by Crippen LogP contribution is 2.35. The Hall–Kier alpha value is -2.85. The lowest BCUT2D eigenvalue weighted by Crippen LogP contribution is -2.33. The molecule has 1 atom stereocenters. The molecule has 1 aliphatic rings.